The van der Waals surface area contributed by atoms with Crippen LogP contribution in [0.15, 0.2) is 0 Å². The highest BCUT2D eigenvalue weighted by Gasteiger charge is 2.42. The van der Waals surface area contributed by atoms with Crippen LogP contribution in [0.4, 0.5) is 0 Å². The van der Waals surface area contributed by atoms with E-state index in [4.69, 9.17) is 10.5 Å². The molecule has 0 aromatic rings. The molecule has 5 heteroatoms. The van der Waals surface area contributed by atoms with E-state index in [1.807, 2.05) is 14.1 Å². The third-order valence-corrected chi connectivity index (χ3v) is 3.65. The molecular weight excluding hydrogens is 230 g/mol. The highest BCUT2D eigenvalue weighted by atomic mass is 16.5. The van der Waals surface area contributed by atoms with Gasteiger partial charge in [-0.2, -0.15) is 0 Å². The normalized spacial score (nSPS) is 28.9. The number of likely N-dealkylation sites (N-methyl/N-ethyl adjacent to an activating group) is 1. The van der Waals surface area contributed by atoms with E-state index in [1.54, 1.807) is 0 Å². The second-order valence-electron chi connectivity index (χ2n) is 5.78. The van der Waals surface area contributed by atoms with E-state index in [9.17, 15) is 4.79 Å². The molecule has 0 aliphatic carbocycles. The number of primary amides is 1. The largest absolute Gasteiger partial charge is 0.378 e. The molecule has 0 radical (unpaired) electrons. The lowest BCUT2D eigenvalue weighted by molar-refractivity contribution is -0.133. The van der Waals surface area contributed by atoms with Crippen LogP contribution >= 0.6 is 0 Å². The number of ether oxygens (including phenoxy) is 1. The first-order valence-corrected chi connectivity index (χ1v) is 6.68. The molecule has 0 bridgehead atoms. The topological polar surface area (TPSA) is 67.6 Å². The molecule has 1 aliphatic rings. The Labute approximate surface area is 110 Å². The molecule has 0 aromatic heterocycles. The third-order valence-electron chi connectivity index (χ3n) is 3.65. The maximum absolute atomic E-state index is 11.8. The molecule has 0 aromatic carbocycles. The number of nitrogens with zero attached hydrogens (tertiary/aromatic N) is 1. The van der Waals surface area contributed by atoms with Gasteiger partial charge in [-0.25, -0.2) is 0 Å². The quantitative estimate of drug-likeness (QED) is 0.713. The van der Waals surface area contributed by atoms with Gasteiger partial charge in [-0.1, -0.05) is 13.8 Å². The maximum Gasteiger partial charge on any atom is 0.237 e. The van der Waals surface area contributed by atoms with Crippen molar-refractivity contribution < 1.29 is 9.53 Å². The summed E-state index contributed by atoms with van der Waals surface area (Å²) < 4.78 is 5.71. The minimum atomic E-state index is -0.594. The molecule has 106 valence electrons. The zero-order valence-corrected chi connectivity index (χ0v) is 12.0. The van der Waals surface area contributed by atoms with Gasteiger partial charge in [0.05, 0.1) is 6.10 Å². The Morgan fingerprint density at radius 2 is 2.22 bits per heavy atom. The number of hydrogen-bond acceptors (Lipinski definition) is 4. The molecule has 1 fully saturated rings. The van der Waals surface area contributed by atoms with Gasteiger partial charge in [-0.3, -0.25) is 4.79 Å². The number of nitrogens with one attached hydrogen (secondary N) is 1. The summed E-state index contributed by atoms with van der Waals surface area (Å²) in [5.41, 5.74) is 5.02. The van der Waals surface area contributed by atoms with Crippen LogP contribution in [0.5, 0.6) is 0 Å². The van der Waals surface area contributed by atoms with Crippen molar-refractivity contribution in [2.24, 2.45) is 11.7 Å². The first kappa shape index (κ1) is 15.4. The van der Waals surface area contributed by atoms with Crippen molar-refractivity contribution in [2.45, 2.75) is 38.3 Å². The fraction of sp³-hybridized carbons (Fsp3) is 0.923. The second kappa shape index (κ2) is 6.50. The minimum Gasteiger partial charge on any atom is -0.378 e. The fourth-order valence-corrected chi connectivity index (χ4v) is 2.31. The lowest BCUT2D eigenvalue weighted by atomic mass is 9.82. The van der Waals surface area contributed by atoms with Gasteiger partial charge in [0.1, 0.15) is 5.54 Å². The number of carbonyl (C=O) groups is 1. The van der Waals surface area contributed by atoms with E-state index >= 15 is 0 Å². The molecule has 1 aliphatic heterocycles. The highest BCUT2D eigenvalue weighted by molar-refractivity contribution is 5.84. The Balaban J connectivity index is 2.64. The molecule has 1 heterocycles. The second-order valence-corrected chi connectivity index (χ2v) is 5.78. The van der Waals surface area contributed by atoms with Crippen LogP contribution in [-0.2, 0) is 9.53 Å². The van der Waals surface area contributed by atoms with E-state index in [0.717, 1.165) is 13.1 Å². The van der Waals surface area contributed by atoms with Crippen molar-refractivity contribution in [3.05, 3.63) is 0 Å². The Morgan fingerprint density at radius 1 is 1.56 bits per heavy atom. The number of hydrogen-bond donors (Lipinski definition) is 2. The minimum absolute atomic E-state index is 0.109. The number of carbonyl (C=O) groups excluding carboxylic acids is 1. The predicted molar refractivity (Wildman–Crippen MR) is 72.3 cm³/mol. The average molecular weight is 257 g/mol. The standard InChI is InChI=1S/C13H27N3O2/c1-10(2)11-9-13(12(14)17,5-8-18-11)15-6-7-16(3)4/h10-11,15H,5-9H2,1-4H3,(H2,14,17). The summed E-state index contributed by atoms with van der Waals surface area (Å²) in [6.07, 6.45) is 1.45. The van der Waals surface area contributed by atoms with Gasteiger partial charge in [0.15, 0.2) is 0 Å². The van der Waals surface area contributed by atoms with Crippen LogP contribution in [0.1, 0.15) is 26.7 Å². The van der Waals surface area contributed by atoms with Crippen LogP contribution in [0, 0.1) is 5.92 Å². The van der Waals surface area contributed by atoms with Crippen LogP contribution in [0.3, 0.4) is 0 Å². The summed E-state index contributed by atoms with van der Waals surface area (Å²) in [6.45, 7) is 6.48. The van der Waals surface area contributed by atoms with Gasteiger partial charge in [0.25, 0.3) is 0 Å². The summed E-state index contributed by atoms with van der Waals surface area (Å²) in [4.78, 5) is 13.9. The number of nitrogens with two attached hydrogens (primary N) is 1. The van der Waals surface area contributed by atoms with Crippen molar-refractivity contribution in [3.63, 3.8) is 0 Å². The van der Waals surface area contributed by atoms with Crippen LogP contribution in [0.25, 0.3) is 0 Å². The van der Waals surface area contributed by atoms with E-state index in [-0.39, 0.29) is 12.0 Å². The number of rotatable bonds is 6. The van der Waals surface area contributed by atoms with E-state index in [1.165, 1.54) is 0 Å². The lowest BCUT2D eigenvalue weighted by Crippen LogP contribution is -2.61. The molecule has 0 spiro atoms. The molecule has 2 atom stereocenters. The van der Waals surface area contributed by atoms with Gasteiger partial charge in [0.2, 0.25) is 5.91 Å². The maximum atomic E-state index is 11.8. The Morgan fingerprint density at radius 3 is 2.72 bits per heavy atom. The lowest BCUT2D eigenvalue weighted by Gasteiger charge is -2.41. The SMILES string of the molecule is CC(C)C1CC(NCCN(C)C)(C(N)=O)CCO1. The molecule has 2 unspecified atom stereocenters. The fourth-order valence-electron chi connectivity index (χ4n) is 2.31. The van der Waals surface area contributed by atoms with E-state index in [0.29, 0.717) is 25.4 Å². The van der Waals surface area contributed by atoms with Crippen LogP contribution < -0.4 is 11.1 Å². The zero-order valence-electron chi connectivity index (χ0n) is 12.0. The highest BCUT2D eigenvalue weighted by Crippen LogP contribution is 2.28. The van der Waals surface area contributed by atoms with E-state index in [2.05, 4.69) is 24.1 Å². The van der Waals surface area contributed by atoms with Crippen LogP contribution in [-0.4, -0.2) is 56.2 Å². The van der Waals surface area contributed by atoms with Crippen molar-refractivity contribution >= 4 is 5.91 Å². The summed E-state index contributed by atoms with van der Waals surface area (Å²) in [5, 5.41) is 3.35. The van der Waals surface area contributed by atoms with E-state index < -0.39 is 5.54 Å². The summed E-state index contributed by atoms with van der Waals surface area (Å²) in [6, 6.07) is 0. The van der Waals surface area contributed by atoms with Gasteiger partial charge >= 0.3 is 0 Å². The molecule has 1 amide bonds. The van der Waals surface area contributed by atoms with Gasteiger partial charge < -0.3 is 20.7 Å². The Bertz CT molecular complexity index is 281. The monoisotopic (exact) mass is 257 g/mol. The smallest absolute Gasteiger partial charge is 0.237 e. The predicted octanol–water partition coefficient (Wildman–Crippen LogP) is 0.197. The first-order chi connectivity index (χ1) is 8.37. The Hall–Kier alpha value is -0.650. The Kier molecular flexibility index (Phi) is 5.56. The number of amides is 1. The summed E-state index contributed by atoms with van der Waals surface area (Å²) in [7, 11) is 4.03. The zero-order chi connectivity index (χ0) is 13.8. The molecule has 3 N–H and O–H groups in total. The average Bonchev–Trinajstić information content (AvgIpc) is 2.28. The van der Waals surface area contributed by atoms with Crippen molar-refractivity contribution in [1.29, 1.82) is 0 Å². The summed E-state index contributed by atoms with van der Waals surface area (Å²) >= 11 is 0. The van der Waals surface area contributed by atoms with Gasteiger partial charge in [0, 0.05) is 26.1 Å². The molecule has 5 nitrogen and oxygen atoms in total. The first-order valence-electron chi connectivity index (χ1n) is 6.68. The molecule has 0 saturated carbocycles. The molecule has 1 saturated heterocycles. The summed E-state index contributed by atoms with van der Waals surface area (Å²) in [5.74, 6) is 0.148. The van der Waals surface area contributed by atoms with Gasteiger partial charge in [-0.05, 0) is 26.4 Å². The van der Waals surface area contributed by atoms with Crippen molar-refractivity contribution in [3.8, 4) is 0 Å². The molecule has 1 rings (SSSR count). The van der Waals surface area contributed by atoms with Crippen LogP contribution in [0.2, 0.25) is 0 Å². The van der Waals surface area contributed by atoms with Crippen molar-refractivity contribution in [2.75, 3.05) is 33.8 Å². The molecule has 18 heavy (non-hydrogen) atoms. The third kappa shape index (κ3) is 3.93. The van der Waals surface area contributed by atoms with Crippen molar-refractivity contribution in [1.82, 2.24) is 10.2 Å². The molecular formula is C13H27N3O2. The van der Waals surface area contributed by atoms with Gasteiger partial charge in [-0.15, -0.1) is 0 Å².